The van der Waals surface area contributed by atoms with E-state index in [9.17, 15) is 9.59 Å². The van der Waals surface area contributed by atoms with Crippen molar-refractivity contribution in [2.24, 2.45) is 0 Å². The molecule has 0 saturated carbocycles. The first-order chi connectivity index (χ1) is 12.0. The van der Waals surface area contributed by atoms with Gasteiger partial charge in [0.1, 0.15) is 17.1 Å². The first-order valence-electron chi connectivity index (χ1n) is 7.60. The van der Waals surface area contributed by atoms with Crippen LogP contribution in [0.4, 0.5) is 0 Å². The van der Waals surface area contributed by atoms with Crippen LogP contribution in [0.25, 0.3) is 22.1 Å². The van der Waals surface area contributed by atoms with Gasteiger partial charge in [-0.25, -0.2) is 9.59 Å². The van der Waals surface area contributed by atoms with Crippen molar-refractivity contribution >= 4 is 16.9 Å². The van der Waals surface area contributed by atoms with Gasteiger partial charge in [-0.15, -0.1) is 0 Å². The third kappa shape index (κ3) is 3.47. The Balaban J connectivity index is 1.99. The Kier molecular flexibility index (Phi) is 4.43. The maximum absolute atomic E-state index is 12.3. The van der Waals surface area contributed by atoms with Gasteiger partial charge in [0.05, 0.1) is 12.7 Å². The Hall–Kier alpha value is -3.28. The van der Waals surface area contributed by atoms with Gasteiger partial charge >= 0.3 is 11.6 Å². The average molecular weight is 340 g/mol. The van der Waals surface area contributed by atoms with Crippen LogP contribution in [0.2, 0.25) is 0 Å². The van der Waals surface area contributed by atoms with E-state index >= 15 is 0 Å². The topological polar surface area (TPSA) is 86.0 Å². The number of ether oxygens (including phenoxy) is 2. The number of aliphatic carboxylic acids is 1. The van der Waals surface area contributed by atoms with E-state index in [0.717, 1.165) is 5.56 Å². The van der Waals surface area contributed by atoms with E-state index in [0.29, 0.717) is 28.0 Å². The minimum absolute atomic E-state index is 0.322. The number of benzene rings is 2. The maximum atomic E-state index is 12.3. The molecule has 0 radical (unpaired) electrons. The molecule has 6 heteroatoms. The van der Waals surface area contributed by atoms with Crippen molar-refractivity contribution in [3.05, 3.63) is 59.0 Å². The van der Waals surface area contributed by atoms with Gasteiger partial charge in [-0.1, -0.05) is 12.1 Å². The van der Waals surface area contributed by atoms with Gasteiger partial charge in [-0.05, 0) is 42.8 Å². The van der Waals surface area contributed by atoms with Crippen LogP contribution in [-0.2, 0) is 4.79 Å². The van der Waals surface area contributed by atoms with E-state index in [4.69, 9.17) is 19.0 Å². The molecule has 0 spiro atoms. The number of fused-ring (bicyclic) bond motifs is 1. The van der Waals surface area contributed by atoms with Gasteiger partial charge in [0.15, 0.2) is 6.10 Å². The lowest BCUT2D eigenvalue weighted by Crippen LogP contribution is -2.22. The van der Waals surface area contributed by atoms with Crippen molar-refractivity contribution in [1.29, 1.82) is 0 Å². The van der Waals surface area contributed by atoms with Crippen molar-refractivity contribution in [3.8, 4) is 22.6 Å². The third-order valence-corrected chi connectivity index (χ3v) is 3.77. The summed E-state index contributed by atoms with van der Waals surface area (Å²) in [5.41, 5.74) is 0.998. The van der Waals surface area contributed by atoms with E-state index in [2.05, 4.69) is 0 Å². The zero-order chi connectivity index (χ0) is 18.0. The second kappa shape index (κ2) is 6.68. The molecular weight excluding hydrogens is 324 g/mol. The molecule has 128 valence electrons. The fourth-order valence-electron chi connectivity index (χ4n) is 2.39. The Morgan fingerprint density at radius 1 is 1.08 bits per heavy atom. The van der Waals surface area contributed by atoms with Crippen molar-refractivity contribution in [2.75, 3.05) is 7.11 Å². The lowest BCUT2D eigenvalue weighted by molar-refractivity contribution is -0.144. The second-order valence-corrected chi connectivity index (χ2v) is 5.47. The summed E-state index contributed by atoms with van der Waals surface area (Å²) < 4.78 is 15.8. The van der Waals surface area contributed by atoms with Crippen molar-refractivity contribution in [2.45, 2.75) is 13.0 Å². The van der Waals surface area contributed by atoms with Crippen LogP contribution >= 0.6 is 0 Å². The third-order valence-electron chi connectivity index (χ3n) is 3.77. The summed E-state index contributed by atoms with van der Waals surface area (Å²) in [6, 6.07) is 13.7. The molecule has 0 aliphatic carbocycles. The molecule has 3 rings (SSSR count). The Morgan fingerprint density at radius 3 is 2.40 bits per heavy atom. The molecule has 0 amide bonds. The van der Waals surface area contributed by atoms with Crippen LogP contribution in [0, 0.1) is 0 Å². The summed E-state index contributed by atoms with van der Waals surface area (Å²) in [6.07, 6.45) is -0.997. The molecular formula is C19H16O6. The van der Waals surface area contributed by atoms with E-state index < -0.39 is 17.7 Å². The van der Waals surface area contributed by atoms with Crippen molar-refractivity contribution < 1.29 is 23.8 Å². The first-order valence-corrected chi connectivity index (χ1v) is 7.60. The molecule has 0 saturated heterocycles. The minimum Gasteiger partial charge on any atom is -0.497 e. The second-order valence-electron chi connectivity index (χ2n) is 5.47. The highest BCUT2D eigenvalue weighted by molar-refractivity contribution is 5.83. The molecule has 1 N–H and O–H groups in total. The zero-order valence-corrected chi connectivity index (χ0v) is 13.7. The summed E-state index contributed by atoms with van der Waals surface area (Å²) in [5, 5.41) is 9.60. The summed E-state index contributed by atoms with van der Waals surface area (Å²) in [6.45, 7) is 1.43. The number of rotatable bonds is 5. The van der Waals surface area contributed by atoms with Gasteiger partial charge in [0.25, 0.3) is 0 Å². The summed E-state index contributed by atoms with van der Waals surface area (Å²) >= 11 is 0. The van der Waals surface area contributed by atoms with Crippen LogP contribution < -0.4 is 15.1 Å². The quantitative estimate of drug-likeness (QED) is 0.717. The molecule has 3 aromatic rings. The van der Waals surface area contributed by atoms with Gasteiger partial charge < -0.3 is 19.0 Å². The molecule has 25 heavy (non-hydrogen) atoms. The van der Waals surface area contributed by atoms with E-state index in [1.165, 1.54) is 13.0 Å². The molecule has 1 aromatic heterocycles. The molecule has 0 fully saturated rings. The molecule has 0 bridgehead atoms. The lowest BCUT2D eigenvalue weighted by atomic mass is 10.1. The standard InChI is InChI=1S/C19H16O6/c1-11(18(20)21)24-15-8-5-13-9-16(19(22)25-17(13)10-15)12-3-6-14(23-2)7-4-12/h3-11H,1-2H3,(H,20,21)/t11-/m0/s1. The van der Waals surface area contributed by atoms with E-state index in [-0.39, 0.29) is 0 Å². The van der Waals surface area contributed by atoms with Crippen LogP contribution in [0.5, 0.6) is 11.5 Å². The summed E-state index contributed by atoms with van der Waals surface area (Å²) in [5.74, 6) is -0.0533. The lowest BCUT2D eigenvalue weighted by Gasteiger charge is -2.10. The Labute approximate surface area is 143 Å². The fourth-order valence-corrected chi connectivity index (χ4v) is 2.39. The molecule has 1 atom stereocenters. The number of methoxy groups -OCH3 is 1. The van der Waals surface area contributed by atoms with Crippen LogP contribution in [0.15, 0.2) is 57.7 Å². The van der Waals surface area contributed by atoms with Gasteiger partial charge in [-0.2, -0.15) is 0 Å². The average Bonchev–Trinajstić information content (AvgIpc) is 2.61. The van der Waals surface area contributed by atoms with E-state index in [1.54, 1.807) is 49.6 Å². The van der Waals surface area contributed by atoms with Gasteiger partial charge in [0.2, 0.25) is 0 Å². The first kappa shape index (κ1) is 16.6. The number of carboxylic acids is 1. The summed E-state index contributed by atoms with van der Waals surface area (Å²) in [7, 11) is 1.57. The zero-order valence-electron chi connectivity index (χ0n) is 13.7. The largest absolute Gasteiger partial charge is 0.497 e. The number of carbonyl (C=O) groups is 1. The van der Waals surface area contributed by atoms with Crippen LogP contribution in [0.1, 0.15) is 6.92 Å². The molecule has 6 nitrogen and oxygen atoms in total. The van der Waals surface area contributed by atoms with Crippen molar-refractivity contribution in [1.82, 2.24) is 0 Å². The molecule has 0 unspecified atom stereocenters. The number of carboxylic acid groups (broad SMARTS) is 1. The highest BCUT2D eigenvalue weighted by atomic mass is 16.5. The monoisotopic (exact) mass is 340 g/mol. The van der Waals surface area contributed by atoms with E-state index in [1.807, 2.05) is 0 Å². The minimum atomic E-state index is -1.07. The molecule has 2 aromatic carbocycles. The highest BCUT2D eigenvalue weighted by Crippen LogP contribution is 2.26. The predicted molar refractivity (Wildman–Crippen MR) is 92.2 cm³/mol. The number of hydrogen-bond donors (Lipinski definition) is 1. The van der Waals surface area contributed by atoms with Crippen LogP contribution in [0.3, 0.4) is 0 Å². The Morgan fingerprint density at radius 2 is 1.76 bits per heavy atom. The van der Waals surface area contributed by atoms with Crippen LogP contribution in [-0.4, -0.2) is 24.3 Å². The van der Waals surface area contributed by atoms with Gasteiger partial charge in [-0.3, -0.25) is 0 Å². The molecule has 0 aliphatic heterocycles. The van der Waals surface area contributed by atoms with Gasteiger partial charge in [0, 0.05) is 11.5 Å². The summed E-state index contributed by atoms with van der Waals surface area (Å²) in [4.78, 5) is 23.2. The Bertz CT molecular complexity index is 971. The number of hydrogen-bond acceptors (Lipinski definition) is 5. The molecule has 0 aliphatic rings. The van der Waals surface area contributed by atoms with Crippen molar-refractivity contribution in [3.63, 3.8) is 0 Å². The predicted octanol–water partition coefficient (Wildman–Crippen LogP) is 3.32. The molecule has 1 heterocycles. The normalized spacial score (nSPS) is 11.9. The smallest absolute Gasteiger partial charge is 0.344 e. The fraction of sp³-hybridized carbons (Fsp3) is 0.158. The SMILES string of the molecule is COc1ccc(-c2cc3ccc(O[C@@H](C)C(=O)O)cc3oc2=O)cc1. The highest BCUT2D eigenvalue weighted by Gasteiger charge is 2.14. The maximum Gasteiger partial charge on any atom is 0.344 e.